The van der Waals surface area contributed by atoms with Gasteiger partial charge in [0.25, 0.3) is 5.91 Å². The summed E-state index contributed by atoms with van der Waals surface area (Å²) in [6, 6.07) is 3.33. The standard InChI is InChI=1S/C15H22N4O3/c1-5-9-7-8-10(18-13(16)14(17)22-6-2)12(20)11(9)15(21)19(3)4/h7-8,17,20H,5-6H2,1-4H3,(H2,16,18)/p+1. The van der Waals surface area contributed by atoms with Crippen molar-refractivity contribution >= 4 is 23.3 Å². The van der Waals surface area contributed by atoms with E-state index >= 15 is 0 Å². The van der Waals surface area contributed by atoms with Crippen LogP contribution < -0.4 is 11.1 Å². The highest BCUT2D eigenvalue weighted by molar-refractivity contribution is 6.35. The summed E-state index contributed by atoms with van der Waals surface area (Å²) in [4.78, 5) is 17.7. The summed E-state index contributed by atoms with van der Waals surface area (Å²) in [6.45, 7) is 4.02. The molecular weight excluding hydrogens is 284 g/mol. The van der Waals surface area contributed by atoms with Crippen LogP contribution in [-0.4, -0.2) is 48.3 Å². The van der Waals surface area contributed by atoms with Crippen molar-refractivity contribution in [3.8, 4) is 5.75 Å². The second kappa shape index (κ2) is 7.44. The molecule has 0 unspecified atom stereocenters. The number of hydrogen-bond acceptors (Lipinski definition) is 4. The Morgan fingerprint density at radius 2 is 2.05 bits per heavy atom. The van der Waals surface area contributed by atoms with E-state index < -0.39 is 0 Å². The largest absolute Gasteiger partial charge is 0.505 e. The monoisotopic (exact) mass is 307 g/mol. The van der Waals surface area contributed by atoms with Crippen molar-refractivity contribution < 1.29 is 20.0 Å². The number of amides is 1. The average Bonchev–Trinajstić information content (AvgIpc) is 2.48. The zero-order chi connectivity index (χ0) is 16.9. The van der Waals surface area contributed by atoms with Crippen LogP contribution in [0.2, 0.25) is 0 Å². The van der Waals surface area contributed by atoms with Crippen LogP contribution in [0.3, 0.4) is 0 Å². The number of rotatable bonds is 4. The van der Waals surface area contributed by atoms with Crippen molar-refractivity contribution in [2.45, 2.75) is 20.3 Å². The first-order chi connectivity index (χ1) is 10.3. The van der Waals surface area contributed by atoms with Crippen LogP contribution >= 0.6 is 0 Å². The van der Waals surface area contributed by atoms with E-state index in [9.17, 15) is 9.90 Å². The molecule has 0 aliphatic carbocycles. The molecule has 0 atom stereocenters. The normalized spacial score (nSPS) is 11.2. The number of benzene rings is 1. The maximum atomic E-state index is 12.3. The molecule has 5 N–H and O–H groups in total. The fourth-order valence-corrected chi connectivity index (χ4v) is 1.88. The Morgan fingerprint density at radius 1 is 1.41 bits per heavy atom. The van der Waals surface area contributed by atoms with Gasteiger partial charge in [0.05, 0.1) is 12.2 Å². The predicted molar refractivity (Wildman–Crippen MR) is 85.3 cm³/mol. The fourth-order valence-electron chi connectivity index (χ4n) is 1.88. The minimum Gasteiger partial charge on any atom is -0.505 e. The Morgan fingerprint density at radius 3 is 2.55 bits per heavy atom. The van der Waals surface area contributed by atoms with Gasteiger partial charge in [-0.25, -0.2) is 10.4 Å². The van der Waals surface area contributed by atoms with Gasteiger partial charge in [0.2, 0.25) is 5.84 Å². The second-order valence-corrected chi connectivity index (χ2v) is 4.81. The van der Waals surface area contributed by atoms with Crippen LogP contribution in [0.4, 0.5) is 5.69 Å². The van der Waals surface area contributed by atoms with Crippen molar-refractivity contribution in [2.24, 2.45) is 10.7 Å². The SMILES string of the molecule is CCOC(=[NH2+])C(N)=Nc1ccc(CC)c(C(=O)N(C)C)c1O. The molecule has 0 aliphatic heterocycles. The zero-order valence-electron chi connectivity index (χ0n) is 13.4. The number of aliphatic imine (C=N–C) groups is 1. The van der Waals surface area contributed by atoms with Crippen molar-refractivity contribution in [1.29, 1.82) is 0 Å². The van der Waals surface area contributed by atoms with Gasteiger partial charge in [0, 0.05) is 14.1 Å². The highest BCUT2D eigenvalue weighted by Gasteiger charge is 2.21. The molecule has 1 rings (SSSR count). The molecule has 7 nitrogen and oxygen atoms in total. The van der Waals surface area contributed by atoms with Crippen LogP contribution in [0.5, 0.6) is 5.75 Å². The highest BCUT2D eigenvalue weighted by Crippen LogP contribution is 2.33. The van der Waals surface area contributed by atoms with E-state index in [0.29, 0.717) is 13.0 Å². The third kappa shape index (κ3) is 3.75. The molecule has 0 aromatic heterocycles. The molecule has 0 saturated carbocycles. The lowest BCUT2D eigenvalue weighted by Gasteiger charge is -2.16. The van der Waals surface area contributed by atoms with Crippen LogP contribution in [0.15, 0.2) is 17.1 Å². The number of phenols is 1. The van der Waals surface area contributed by atoms with Crippen LogP contribution in [0.25, 0.3) is 0 Å². The van der Waals surface area contributed by atoms with Gasteiger partial charge < -0.3 is 20.5 Å². The highest BCUT2D eigenvalue weighted by atomic mass is 16.5. The number of carbonyl (C=O) groups is 1. The first kappa shape index (κ1) is 17.5. The summed E-state index contributed by atoms with van der Waals surface area (Å²) in [7, 11) is 3.23. The van der Waals surface area contributed by atoms with Gasteiger partial charge >= 0.3 is 5.90 Å². The second-order valence-electron chi connectivity index (χ2n) is 4.81. The maximum absolute atomic E-state index is 12.3. The first-order valence-corrected chi connectivity index (χ1v) is 6.99. The van der Waals surface area contributed by atoms with E-state index in [1.165, 1.54) is 4.90 Å². The molecule has 0 radical (unpaired) electrons. The number of nitrogens with zero attached hydrogens (tertiary/aromatic N) is 2. The smallest absolute Gasteiger partial charge is 0.402 e. The number of hydrogen-bond donors (Lipinski definition) is 3. The molecule has 1 aromatic rings. The van der Waals surface area contributed by atoms with Crippen molar-refractivity contribution in [2.75, 3.05) is 20.7 Å². The van der Waals surface area contributed by atoms with Crippen LogP contribution in [0.1, 0.15) is 29.8 Å². The summed E-state index contributed by atoms with van der Waals surface area (Å²) in [5.41, 5.74) is 6.84. The quantitative estimate of drug-likeness (QED) is 0.529. The molecule has 0 saturated heterocycles. The number of aryl methyl sites for hydroxylation is 1. The number of phenolic OH excluding ortho intramolecular Hbond substituents is 1. The predicted octanol–water partition coefficient (Wildman–Crippen LogP) is -0.161. The van der Waals surface area contributed by atoms with E-state index in [-0.39, 0.29) is 34.6 Å². The summed E-state index contributed by atoms with van der Waals surface area (Å²) < 4.78 is 5.06. The lowest BCUT2D eigenvalue weighted by atomic mass is 10.0. The fraction of sp³-hybridized carbons (Fsp3) is 0.400. The molecule has 120 valence electrons. The third-order valence-corrected chi connectivity index (χ3v) is 3.04. The number of carbonyl (C=O) groups excluding carboxylic acids is 1. The first-order valence-electron chi connectivity index (χ1n) is 6.99. The number of amidine groups is 1. The lowest BCUT2D eigenvalue weighted by Crippen LogP contribution is -2.49. The van der Waals surface area contributed by atoms with Gasteiger partial charge in [-0.05, 0) is 25.0 Å². The Balaban J connectivity index is 3.35. The molecule has 0 aliphatic rings. The molecular formula is C15H23N4O3+. The van der Waals surface area contributed by atoms with E-state index in [0.717, 1.165) is 5.56 Å². The topological polar surface area (TPSA) is 114 Å². The Kier molecular flexibility index (Phi) is 5.91. The summed E-state index contributed by atoms with van der Waals surface area (Å²) in [5.74, 6) is -0.594. The number of ether oxygens (including phenoxy) is 1. The summed E-state index contributed by atoms with van der Waals surface area (Å²) in [6.07, 6.45) is 0.606. The van der Waals surface area contributed by atoms with Gasteiger partial charge in [-0.3, -0.25) is 4.79 Å². The van der Waals surface area contributed by atoms with E-state index in [4.69, 9.17) is 15.9 Å². The van der Waals surface area contributed by atoms with Gasteiger partial charge in [0.1, 0.15) is 5.69 Å². The maximum Gasteiger partial charge on any atom is 0.402 e. The van der Waals surface area contributed by atoms with Crippen LogP contribution in [0, 0.1) is 0 Å². The molecule has 0 spiro atoms. The molecule has 0 heterocycles. The third-order valence-electron chi connectivity index (χ3n) is 3.04. The molecule has 7 heteroatoms. The minimum absolute atomic E-state index is 0.0260. The molecule has 1 aromatic carbocycles. The Labute approximate surface area is 129 Å². The summed E-state index contributed by atoms with van der Waals surface area (Å²) in [5, 5.41) is 16.0. The molecule has 1 amide bonds. The van der Waals surface area contributed by atoms with E-state index in [1.54, 1.807) is 33.2 Å². The lowest BCUT2D eigenvalue weighted by molar-refractivity contribution is -0.135. The van der Waals surface area contributed by atoms with Gasteiger partial charge in [-0.1, -0.05) is 13.0 Å². The van der Waals surface area contributed by atoms with E-state index in [2.05, 4.69) is 4.99 Å². The van der Waals surface area contributed by atoms with Gasteiger partial charge in [-0.15, -0.1) is 0 Å². The Hall–Kier alpha value is -2.57. The number of nitrogens with two attached hydrogens (primary N) is 2. The average molecular weight is 307 g/mol. The molecule has 0 bridgehead atoms. The Bertz CT molecular complexity index is 609. The van der Waals surface area contributed by atoms with Crippen molar-refractivity contribution in [1.82, 2.24) is 4.90 Å². The van der Waals surface area contributed by atoms with Gasteiger partial charge in [-0.2, -0.15) is 0 Å². The molecule has 0 fully saturated rings. The van der Waals surface area contributed by atoms with Gasteiger partial charge in [0.15, 0.2) is 5.75 Å². The van der Waals surface area contributed by atoms with Crippen molar-refractivity contribution in [3.63, 3.8) is 0 Å². The number of aromatic hydroxyl groups is 1. The minimum atomic E-state index is -0.299. The van der Waals surface area contributed by atoms with Crippen molar-refractivity contribution in [3.05, 3.63) is 23.3 Å². The molecule has 22 heavy (non-hydrogen) atoms. The summed E-state index contributed by atoms with van der Waals surface area (Å²) >= 11 is 0. The van der Waals surface area contributed by atoms with Crippen LogP contribution in [-0.2, 0) is 11.2 Å². The van der Waals surface area contributed by atoms with E-state index in [1.807, 2.05) is 6.92 Å². The zero-order valence-corrected chi connectivity index (χ0v) is 13.4.